The van der Waals surface area contributed by atoms with Crippen molar-refractivity contribution in [1.82, 2.24) is 10.1 Å². The van der Waals surface area contributed by atoms with Crippen molar-refractivity contribution in [2.45, 2.75) is 55.1 Å². The third-order valence-corrected chi connectivity index (χ3v) is 5.61. The Kier molecular flexibility index (Phi) is 3.87. The highest BCUT2D eigenvalue weighted by atomic mass is 32.2. The molecule has 6 heteroatoms. The maximum absolute atomic E-state index is 12.8. The normalized spacial score (nSPS) is 19.2. The van der Waals surface area contributed by atoms with Gasteiger partial charge >= 0.3 is 0 Å². The monoisotopic (exact) mass is 343 g/mol. The molecule has 4 rings (SSSR count). The van der Waals surface area contributed by atoms with Crippen LogP contribution in [0.25, 0.3) is 0 Å². The molecule has 126 valence electrons. The molecule has 5 nitrogen and oxygen atoms in total. The lowest BCUT2D eigenvalue weighted by Gasteiger charge is -2.38. The van der Waals surface area contributed by atoms with E-state index < -0.39 is 0 Å². The topological polar surface area (TPSA) is 59.2 Å². The van der Waals surface area contributed by atoms with Crippen LogP contribution in [0.1, 0.15) is 50.7 Å². The lowest BCUT2D eigenvalue weighted by Crippen LogP contribution is -2.43. The number of benzene rings is 1. The molecule has 24 heavy (non-hydrogen) atoms. The van der Waals surface area contributed by atoms with E-state index in [-0.39, 0.29) is 10.7 Å². The smallest absolute Gasteiger partial charge is 0.227 e. The zero-order valence-corrected chi connectivity index (χ0v) is 14.8. The Morgan fingerprint density at radius 1 is 1.38 bits per heavy atom. The fraction of sp³-hybridized carbons (Fsp3) is 0.500. The van der Waals surface area contributed by atoms with Crippen molar-refractivity contribution in [2.24, 2.45) is 0 Å². The first kappa shape index (κ1) is 15.7. The maximum Gasteiger partial charge on any atom is 0.227 e. The highest BCUT2D eigenvalue weighted by Gasteiger charge is 2.34. The molecule has 1 fully saturated rings. The fourth-order valence-electron chi connectivity index (χ4n) is 3.01. The molecule has 1 aromatic heterocycles. The van der Waals surface area contributed by atoms with Gasteiger partial charge in [0, 0.05) is 34.9 Å². The molecule has 0 bridgehead atoms. The van der Waals surface area contributed by atoms with Gasteiger partial charge < -0.3 is 9.42 Å². The van der Waals surface area contributed by atoms with Gasteiger partial charge in [-0.25, -0.2) is 0 Å². The number of nitrogens with zero attached hydrogens (tertiary/aromatic N) is 3. The lowest BCUT2D eigenvalue weighted by molar-refractivity contribution is -0.118. The second-order valence-corrected chi connectivity index (χ2v) is 8.88. The summed E-state index contributed by atoms with van der Waals surface area (Å²) in [5.74, 6) is 1.97. The first-order valence-corrected chi connectivity index (χ1v) is 9.24. The Hall–Kier alpha value is -1.82. The minimum Gasteiger partial charge on any atom is -0.339 e. The summed E-state index contributed by atoms with van der Waals surface area (Å²) in [5, 5.41) is 4.01. The quantitative estimate of drug-likeness (QED) is 0.845. The van der Waals surface area contributed by atoms with Crippen LogP contribution in [0.15, 0.2) is 33.7 Å². The average molecular weight is 343 g/mol. The zero-order valence-electron chi connectivity index (χ0n) is 14.0. The number of carbonyl (C=O) groups excluding carboxylic acids is 1. The van der Waals surface area contributed by atoms with Gasteiger partial charge in [-0.05, 0) is 38.8 Å². The second-order valence-electron chi connectivity index (χ2n) is 7.13. The van der Waals surface area contributed by atoms with Gasteiger partial charge in [-0.2, -0.15) is 4.98 Å². The number of anilines is 1. The summed E-state index contributed by atoms with van der Waals surface area (Å²) in [6.07, 6.45) is 3.19. The van der Waals surface area contributed by atoms with Crippen molar-refractivity contribution in [3.63, 3.8) is 0 Å². The van der Waals surface area contributed by atoms with Crippen LogP contribution in [-0.4, -0.2) is 27.3 Å². The molecule has 0 N–H and O–H groups in total. The molecule has 0 unspecified atom stereocenters. The molecule has 0 spiro atoms. The molecule has 1 saturated carbocycles. The molecule has 0 atom stereocenters. The minimum atomic E-state index is 0.00758. The third kappa shape index (κ3) is 3.20. The Labute approximate surface area is 145 Å². The molecule has 2 heterocycles. The maximum atomic E-state index is 12.8. The Balaban J connectivity index is 1.46. The van der Waals surface area contributed by atoms with Crippen LogP contribution in [0.2, 0.25) is 0 Å². The van der Waals surface area contributed by atoms with Crippen LogP contribution >= 0.6 is 11.8 Å². The van der Waals surface area contributed by atoms with Crippen LogP contribution in [0, 0.1) is 0 Å². The molecule has 1 amide bonds. The first-order valence-electron chi connectivity index (χ1n) is 8.43. The summed E-state index contributed by atoms with van der Waals surface area (Å²) in [6.45, 7) is 5.06. The summed E-state index contributed by atoms with van der Waals surface area (Å²) in [7, 11) is 0. The molecular weight excluding hydrogens is 322 g/mol. The number of aryl methyl sites for hydroxylation is 1. The number of thioether (sulfide) groups is 1. The SMILES string of the molecule is CC1(C)CN(C(=O)CCc2nc(C3CC3)no2)c2ccccc2S1. The van der Waals surface area contributed by atoms with Gasteiger partial charge in [-0.15, -0.1) is 11.8 Å². The van der Waals surface area contributed by atoms with Crippen molar-refractivity contribution in [2.75, 3.05) is 11.4 Å². The first-order chi connectivity index (χ1) is 11.5. The minimum absolute atomic E-state index is 0.00758. The number of amides is 1. The fourth-order valence-corrected chi connectivity index (χ4v) is 4.23. The average Bonchev–Trinajstić information content (AvgIpc) is 3.29. The van der Waals surface area contributed by atoms with E-state index in [0.29, 0.717) is 31.2 Å². The summed E-state index contributed by atoms with van der Waals surface area (Å²) < 4.78 is 5.29. The second kappa shape index (κ2) is 5.92. The molecule has 1 aliphatic carbocycles. The highest BCUT2D eigenvalue weighted by molar-refractivity contribution is 8.00. The summed E-state index contributed by atoms with van der Waals surface area (Å²) in [4.78, 5) is 20.3. The number of hydrogen-bond acceptors (Lipinski definition) is 5. The van der Waals surface area contributed by atoms with Crippen LogP contribution in [0.4, 0.5) is 5.69 Å². The van der Waals surface area contributed by atoms with E-state index in [4.69, 9.17) is 4.52 Å². The standard InChI is InChI=1S/C18H21N3O2S/c1-18(2)11-21(13-5-3-4-6-14(13)24-18)16(22)10-9-15-19-17(20-23-15)12-7-8-12/h3-6,12H,7-11H2,1-2H3. The van der Waals surface area contributed by atoms with Gasteiger partial charge in [-0.3, -0.25) is 4.79 Å². The Bertz CT molecular complexity index is 767. The van der Waals surface area contributed by atoms with Gasteiger partial charge in [0.2, 0.25) is 11.8 Å². The van der Waals surface area contributed by atoms with Gasteiger partial charge in [0.1, 0.15) is 0 Å². The predicted molar refractivity (Wildman–Crippen MR) is 93.3 cm³/mol. The van der Waals surface area contributed by atoms with Gasteiger partial charge in [0.05, 0.1) is 5.69 Å². The molecule has 1 aliphatic heterocycles. The summed E-state index contributed by atoms with van der Waals surface area (Å²) in [5.41, 5.74) is 1.01. The molecule has 2 aliphatic rings. The molecule has 1 aromatic carbocycles. The van der Waals surface area contributed by atoms with Crippen molar-refractivity contribution in [1.29, 1.82) is 0 Å². The van der Waals surface area contributed by atoms with Gasteiger partial charge in [-0.1, -0.05) is 17.3 Å². The highest BCUT2D eigenvalue weighted by Crippen LogP contribution is 2.44. The van der Waals surface area contributed by atoms with E-state index in [1.54, 1.807) is 0 Å². The lowest BCUT2D eigenvalue weighted by atomic mass is 10.1. The van der Waals surface area contributed by atoms with Gasteiger partial charge in [0.15, 0.2) is 5.82 Å². The van der Waals surface area contributed by atoms with Crippen LogP contribution < -0.4 is 4.90 Å². The predicted octanol–water partition coefficient (Wildman–Crippen LogP) is 3.80. The Morgan fingerprint density at radius 2 is 2.17 bits per heavy atom. The van der Waals surface area contributed by atoms with Crippen molar-refractivity contribution in [3.8, 4) is 0 Å². The van der Waals surface area contributed by atoms with Crippen LogP contribution in [-0.2, 0) is 11.2 Å². The molecule has 2 aromatic rings. The van der Waals surface area contributed by atoms with E-state index in [1.165, 1.54) is 0 Å². The van der Waals surface area contributed by atoms with E-state index in [0.717, 1.165) is 29.2 Å². The van der Waals surface area contributed by atoms with E-state index >= 15 is 0 Å². The summed E-state index contributed by atoms with van der Waals surface area (Å²) >= 11 is 1.83. The van der Waals surface area contributed by atoms with Gasteiger partial charge in [0.25, 0.3) is 0 Å². The number of rotatable bonds is 4. The third-order valence-electron chi connectivity index (χ3n) is 4.36. The van der Waals surface area contributed by atoms with Crippen LogP contribution in [0.3, 0.4) is 0 Å². The molecule has 0 radical (unpaired) electrons. The van der Waals surface area contributed by atoms with Crippen molar-refractivity contribution >= 4 is 23.4 Å². The van der Waals surface area contributed by atoms with E-state index in [1.807, 2.05) is 34.9 Å². The zero-order chi connectivity index (χ0) is 16.7. The van der Waals surface area contributed by atoms with E-state index in [2.05, 4.69) is 30.1 Å². The van der Waals surface area contributed by atoms with Crippen molar-refractivity contribution in [3.05, 3.63) is 36.0 Å². The van der Waals surface area contributed by atoms with Crippen molar-refractivity contribution < 1.29 is 9.32 Å². The number of fused-ring (bicyclic) bond motifs is 1. The molecular formula is C18H21N3O2S. The van der Waals surface area contributed by atoms with Crippen LogP contribution in [0.5, 0.6) is 0 Å². The Morgan fingerprint density at radius 3 is 2.96 bits per heavy atom. The largest absolute Gasteiger partial charge is 0.339 e. The number of hydrogen-bond donors (Lipinski definition) is 0. The number of aromatic nitrogens is 2. The number of para-hydroxylation sites is 1. The number of carbonyl (C=O) groups is 1. The summed E-state index contributed by atoms with van der Waals surface area (Å²) in [6, 6.07) is 8.11. The molecule has 0 saturated heterocycles. The van der Waals surface area contributed by atoms with E-state index in [9.17, 15) is 4.79 Å².